The van der Waals surface area contributed by atoms with Crippen LogP contribution in [0.25, 0.3) is 0 Å². The van der Waals surface area contributed by atoms with E-state index in [0.717, 1.165) is 6.08 Å². The van der Waals surface area contributed by atoms with Gasteiger partial charge in [0.2, 0.25) is 5.91 Å². The molecule has 3 N–H and O–H groups in total. The first-order valence-corrected chi connectivity index (χ1v) is 3.46. The maximum absolute atomic E-state index is 11.0. The van der Waals surface area contributed by atoms with Crippen LogP contribution in [0.15, 0.2) is 11.6 Å². The lowest BCUT2D eigenvalue weighted by Crippen LogP contribution is -2.25. The Labute approximate surface area is 70.4 Å². The van der Waals surface area contributed by atoms with Gasteiger partial charge in [-0.2, -0.15) is 0 Å². The zero-order valence-corrected chi connectivity index (χ0v) is 7.07. The number of likely N-dealkylation sites (N-methyl/N-ethyl adjacent to an activating group) is 1. The molecule has 0 aliphatic carbocycles. The highest BCUT2D eigenvalue weighted by Gasteiger charge is 2.11. The molecule has 0 aliphatic rings. The van der Waals surface area contributed by atoms with E-state index in [1.165, 1.54) is 7.05 Å². The molecule has 0 spiro atoms. The van der Waals surface area contributed by atoms with Gasteiger partial charge in [0.15, 0.2) is 0 Å². The Balaban J connectivity index is 4.56. The highest BCUT2D eigenvalue weighted by Crippen LogP contribution is 2.02. The summed E-state index contributed by atoms with van der Waals surface area (Å²) < 4.78 is 0. The van der Waals surface area contributed by atoms with Crippen LogP contribution >= 0.6 is 0 Å². The smallest absolute Gasteiger partial charge is 0.273 e. The molecule has 68 valence electrons. The third-order valence-corrected chi connectivity index (χ3v) is 1.27. The fourth-order valence-corrected chi connectivity index (χ4v) is 0.695. The Hall–Kier alpha value is -1.36. The van der Waals surface area contributed by atoms with Crippen molar-refractivity contribution < 1.29 is 14.8 Å². The average Bonchev–Trinajstić information content (AvgIpc) is 1.98. The fourth-order valence-electron chi connectivity index (χ4n) is 0.695. The standard InChI is InChI=1S/C7H12N2O3/c1-3-5(4-6(8)10)7(11)9(2)12/h4,12H,3H2,1-2H3,(H2,8,10). The number of hydrogen-bond donors (Lipinski definition) is 2. The van der Waals surface area contributed by atoms with Crippen molar-refractivity contribution in [2.45, 2.75) is 13.3 Å². The fraction of sp³-hybridized carbons (Fsp3) is 0.429. The number of nitrogens with zero attached hydrogens (tertiary/aromatic N) is 1. The van der Waals surface area contributed by atoms with Crippen molar-refractivity contribution in [2.24, 2.45) is 5.73 Å². The van der Waals surface area contributed by atoms with Crippen LogP contribution in [0.2, 0.25) is 0 Å². The summed E-state index contributed by atoms with van der Waals surface area (Å²) in [4.78, 5) is 21.4. The number of hydrogen-bond acceptors (Lipinski definition) is 3. The van der Waals surface area contributed by atoms with Gasteiger partial charge < -0.3 is 5.73 Å². The monoisotopic (exact) mass is 172 g/mol. The molecule has 0 saturated carbocycles. The summed E-state index contributed by atoms with van der Waals surface area (Å²) in [7, 11) is 1.19. The maximum atomic E-state index is 11.0. The number of carbonyl (C=O) groups is 2. The van der Waals surface area contributed by atoms with Crippen molar-refractivity contribution in [1.82, 2.24) is 5.06 Å². The molecule has 2 amide bonds. The number of hydroxylamine groups is 2. The second-order valence-electron chi connectivity index (χ2n) is 2.25. The van der Waals surface area contributed by atoms with Crippen molar-refractivity contribution in [3.8, 4) is 0 Å². The number of rotatable bonds is 3. The van der Waals surface area contributed by atoms with Crippen LogP contribution in [-0.4, -0.2) is 29.1 Å². The normalized spacial score (nSPS) is 11.1. The van der Waals surface area contributed by atoms with E-state index in [0.29, 0.717) is 11.5 Å². The highest BCUT2D eigenvalue weighted by atomic mass is 16.5. The van der Waals surface area contributed by atoms with Crippen LogP contribution in [0, 0.1) is 0 Å². The molecule has 0 aromatic carbocycles. The van der Waals surface area contributed by atoms with Gasteiger partial charge in [0.05, 0.1) is 0 Å². The van der Waals surface area contributed by atoms with Gasteiger partial charge in [-0.05, 0) is 6.42 Å². The predicted molar refractivity (Wildman–Crippen MR) is 42.1 cm³/mol. The second kappa shape index (κ2) is 4.50. The van der Waals surface area contributed by atoms with Crippen molar-refractivity contribution in [1.29, 1.82) is 0 Å². The summed E-state index contributed by atoms with van der Waals surface area (Å²) in [6.07, 6.45) is 1.36. The quantitative estimate of drug-likeness (QED) is 0.347. The van der Waals surface area contributed by atoms with E-state index >= 15 is 0 Å². The van der Waals surface area contributed by atoms with Gasteiger partial charge in [0.25, 0.3) is 5.91 Å². The van der Waals surface area contributed by atoms with Crippen LogP contribution in [0.1, 0.15) is 13.3 Å². The van der Waals surface area contributed by atoms with Gasteiger partial charge >= 0.3 is 0 Å². The largest absolute Gasteiger partial charge is 0.366 e. The summed E-state index contributed by atoms with van der Waals surface area (Å²) >= 11 is 0. The van der Waals surface area contributed by atoms with E-state index in [2.05, 4.69) is 0 Å². The molecule has 0 atom stereocenters. The van der Waals surface area contributed by atoms with Gasteiger partial charge in [0.1, 0.15) is 0 Å². The topological polar surface area (TPSA) is 83.6 Å². The van der Waals surface area contributed by atoms with Crippen LogP contribution in [0.5, 0.6) is 0 Å². The molecule has 0 aromatic heterocycles. The van der Waals surface area contributed by atoms with Gasteiger partial charge in [-0.25, -0.2) is 5.06 Å². The van der Waals surface area contributed by atoms with Crippen molar-refractivity contribution >= 4 is 11.8 Å². The predicted octanol–water partition coefficient (Wildman–Crippen LogP) is -0.344. The zero-order chi connectivity index (χ0) is 9.72. The molecule has 0 bridgehead atoms. The van der Waals surface area contributed by atoms with Crippen LogP contribution in [0.3, 0.4) is 0 Å². The zero-order valence-electron chi connectivity index (χ0n) is 7.07. The molecule has 5 heteroatoms. The first kappa shape index (κ1) is 10.6. The first-order chi connectivity index (χ1) is 5.49. The van der Waals surface area contributed by atoms with Crippen LogP contribution in [0.4, 0.5) is 0 Å². The number of nitrogens with two attached hydrogens (primary N) is 1. The lowest BCUT2D eigenvalue weighted by molar-refractivity contribution is -0.154. The average molecular weight is 172 g/mol. The number of amides is 2. The summed E-state index contributed by atoms with van der Waals surface area (Å²) in [5.74, 6) is -1.31. The molecule has 0 aromatic rings. The minimum Gasteiger partial charge on any atom is -0.366 e. The Morgan fingerprint density at radius 1 is 1.58 bits per heavy atom. The molecule has 0 fully saturated rings. The second-order valence-corrected chi connectivity index (χ2v) is 2.25. The Kier molecular flexibility index (Phi) is 3.99. The minimum atomic E-state index is -0.693. The van der Waals surface area contributed by atoms with Gasteiger partial charge in [-0.3, -0.25) is 14.8 Å². The third kappa shape index (κ3) is 3.16. The Bertz CT molecular complexity index is 221. The van der Waals surface area contributed by atoms with E-state index in [-0.39, 0.29) is 5.57 Å². The Morgan fingerprint density at radius 3 is 2.33 bits per heavy atom. The van der Waals surface area contributed by atoms with Gasteiger partial charge in [0, 0.05) is 18.7 Å². The maximum Gasteiger partial charge on any atom is 0.273 e. The molecule has 5 nitrogen and oxygen atoms in total. The number of primary amides is 1. The molecule has 0 radical (unpaired) electrons. The van der Waals surface area contributed by atoms with E-state index < -0.39 is 11.8 Å². The molecular formula is C7H12N2O3. The molecule has 0 aliphatic heterocycles. The lowest BCUT2D eigenvalue weighted by Gasteiger charge is -2.09. The summed E-state index contributed by atoms with van der Waals surface area (Å²) in [5, 5.41) is 9.14. The minimum absolute atomic E-state index is 0.188. The molecule has 12 heavy (non-hydrogen) atoms. The molecule has 0 heterocycles. The van der Waals surface area contributed by atoms with Crippen molar-refractivity contribution in [3.63, 3.8) is 0 Å². The van der Waals surface area contributed by atoms with Gasteiger partial charge in [-0.1, -0.05) is 6.92 Å². The summed E-state index contributed by atoms with van der Waals surface area (Å²) in [6, 6.07) is 0. The van der Waals surface area contributed by atoms with E-state index in [1.54, 1.807) is 6.92 Å². The highest BCUT2D eigenvalue weighted by molar-refractivity contribution is 5.99. The molecule has 0 unspecified atom stereocenters. The van der Waals surface area contributed by atoms with E-state index in [9.17, 15) is 9.59 Å². The van der Waals surface area contributed by atoms with Gasteiger partial charge in [-0.15, -0.1) is 0 Å². The molecule has 0 saturated heterocycles. The summed E-state index contributed by atoms with van der Waals surface area (Å²) in [6.45, 7) is 1.69. The summed E-state index contributed by atoms with van der Waals surface area (Å²) in [5.41, 5.74) is 5.03. The van der Waals surface area contributed by atoms with E-state index in [4.69, 9.17) is 10.9 Å². The van der Waals surface area contributed by atoms with Crippen LogP contribution < -0.4 is 5.73 Å². The molecule has 0 rings (SSSR count). The van der Waals surface area contributed by atoms with Crippen molar-refractivity contribution in [3.05, 3.63) is 11.6 Å². The van der Waals surface area contributed by atoms with Crippen LogP contribution in [-0.2, 0) is 9.59 Å². The van der Waals surface area contributed by atoms with E-state index in [1.807, 2.05) is 0 Å². The molecular weight excluding hydrogens is 160 g/mol. The van der Waals surface area contributed by atoms with Crippen molar-refractivity contribution in [2.75, 3.05) is 7.05 Å². The SMILES string of the molecule is CCC(=CC(N)=O)C(=O)N(C)O. The Morgan fingerprint density at radius 2 is 2.08 bits per heavy atom. The third-order valence-electron chi connectivity index (χ3n) is 1.27. The lowest BCUT2D eigenvalue weighted by atomic mass is 10.2. The number of carbonyl (C=O) groups excluding carboxylic acids is 2. The first-order valence-electron chi connectivity index (χ1n) is 3.46.